The van der Waals surface area contributed by atoms with E-state index >= 15 is 4.39 Å². The van der Waals surface area contributed by atoms with E-state index < -0.39 is 11.9 Å². The number of piperidine rings is 1. The molecule has 3 aromatic rings. The van der Waals surface area contributed by atoms with Crippen LogP contribution in [0, 0.1) is 29.5 Å². The van der Waals surface area contributed by atoms with Crippen molar-refractivity contribution in [1.82, 2.24) is 20.3 Å². The number of nitrogen functional groups attached to an aromatic ring is 1. The van der Waals surface area contributed by atoms with E-state index in [9.17, 15) is 5.11 Å². The third-order valence-corrected chi connectivity index (χ3v) is 11.7. The number of hydrogen-bond acceptors (Lipinski definition) is 12. The predicted octanol–water partition coefficient (Wildman–Crippen LogP) is 4.68. The van der Waals surface area contributed by atoms with Gasteiger partial charge in [-0.25, -0.2) is 9.37 Å². The molecule has 264 valence electrons. The summed E-state index contributed by atoms with van der Waals surface area (Å²) < 4.78 is 40.9. The molecule has 5 N–H and O–H groups in total. The fourth-order valence-electron chi connectivity index (χ4n) is 8.95. The maximum atomic E-state index is 17.1. The molecular weight excluding hydrogens is 653 g/mol. The maximum absolute atomic E-state index is 17.1. The molecule has 0 amide bonds. The van der Waals surface area contributed by atoms with Crippen molar-refractivity contribution in [2.45, 2.75) is 63.5 Å². The Labute approximate surface area is 290 Å². The Balaban J connectivity index is 1.38. The number of ether oxygens (including phenoxy) is 4. The minimum Gasteiger partial charge on any atom is -0.480 e. The van der Waals surface area contributed by atoms with Crippen LogP contribution in [-0.4, -0.2) is 97.7 Å². The van der Waals surface area contributed by atoms with Gasteiger partial charge in [0, 0.05) is 65.3 Å². The molecule has 0 bridgehead atoms. The van der Waals surface area contributed by atoms with E-state index in [2.05, 4.69) is 10.3 Å². The monoisotopic (exact) mass is 697 g/mol. The fourth-order valence-corrected chi connectivity index (χ4v) is 9.16. The molecule has 12 nitrogen and oxygen atoms in total. The van der Waals surface area contributed by atoms with Crippen LogP contribution in [-0.2, 0) is 9.47 Å². The van der Waals surface area contributed by atoms with Gasteiger partial charge in [0.1, 0.15) is 22.4 Å². The molecule has 0 radical (unpaired) electrons. The molecular formula is C35H45ClFN7O5. The third kappa shape index (κ3) is 5.86. The molecule has 14 heteroatoms. The quantitative estimate of drug-likeness (QED) is 0.191. The van der Waals surface area contributed by atoms with Gasteiger partial charge >= 0.3 is 6.01 Å². The third-order valence-electron chi connectivity index (χ3n) is 11.3. The van der Waals surface area contributed by atoms with Crippen molar-refractivity contribution in [3.8, 4) is 23.1 Å². The number of aliphatic hydroxyl groups is 1. The van der Waals surface area contributed by atoms with Crippen LogP contribution in [0.5, 0.6) is 11.9 Å². The summed E-state index contributed by atoms with van der Waals surface area (Å²) in [5.74, 6) is 0.131. The van der Waals surface area contributed by atoms with Crippen LogP contribution in [0.4, 0.5) is 15.9 Å². The van der Waals surface area contributed by atoms with Gasteiger partial charge in [-0.15, -0.1) is 0 Å². The number of pyridine rings is 1. The lowest BCUT2D eigenvalue weighted by Gasteiger charge is -2.55. The first-order valence-electron chi connectivity index (χ1n) is 17.2. The highest BCUT2D eigenvalue weighted by molar-refractivity contribution is 6.32. The molecule has 3 saturated heterocycles. The van der Waals surface area contributed by atoms with Crippen molar-refractivity contribution in [1.29, 1.82) is 5.41 Å². The molecule has 5 heterocycles. The number of nitrogens with one attached hydrogen (secondary N) is 2. The Morgan fingerprint density at radius 1 is 1.18 bits per heavy atom. The van der Waals surface area contributed by atoms with E-state index in [1.807, 2.05) is 4.90 Å². The van der Waals surface area contributed by atoms with Gasteiger partial charge < -0.3 is 45.4 Å². The zero-order chi connectivity index (χ0) is 34.3. The Bertz CT molecular complexity index is 1740. The van der Waals surface area contributed by atoms with Crippen molar-refractivity contribution >= 4 is 40.2 Å². The summed E-state index contributed by atoms with van der Waals surface area (Å²) in [6.45, 7) is 5.70. The van der Waals surface area contributed by atoms with Crippen LogP contribution in [0.25, 0.3) is 22.2 Å². The van der Waals surface area contributed by atoms with Gasteiger partial charge in [-0.3, -0.25) is 0 Å². The van der Waals surface area contributed by atoms with Crippen LogP contribution >= 0.6 is 11.6 Å². The number of aromatic nitrogens is 3. The number of fused-ring (bicyclic) bond motifs is 2. The summed E-state index contributed by atoms with van der Waals surface area (Å²) in [5, 5.41) is 23.3. The lowest BCUT2D eigenvalue weighted by atomic mass is 9.60. The van der Waals surface area contributed by atoms with Crippen LogP contribution in [0.2, 0.25) is 5.02 Å². The van der Waals surface area contributed by atoms with E-state index in [4.69, 9.17) is 51.7 Å². The Hall–Kier alpha value is -3.36. The first kappa shape index (κ1) is 34.1. The summed E-state index contributed by atoms with van der Waals surface area (Å²) in [4.78, 5) is 16.1. The molecule has 1 saturated carbocycles. The molecule has 49 heavy (non-hydrogen) atoms. The van der Waals surface area contributed by atoms with Crippen molar-refractivity contribution in [3.05, 3.63) is 28.0 Å². The number of β-amino-alcohol motifs (C(OH)–C–C–N with tert-alkyl or cyclic N) is 1. The highest BCUT2D eigenvalue weighted by Gasteiger charge is 2.59. The van der Waals surface area contributed by atoms with Gasteiger partial charge in [-0.2, -0.15) is 9.97 Å². The van der Waals surface area contributed by atoms with E-state index in [0.717, 1.165) is 70.9 Å². The summed E-state index contributed by atoms with van der Waals surface area (Å²) in [6, 6.07) is 1.57. The first-order valence-corrected chi connectivity index (χ1v) is 17.6. The summed E-state index contributed by atoms with van der Waals surface area (Å²) in [5.41, 5.74) is 7.17. The Kier molecular flexibility index (Phi) is 9.57. The SMILES string of the molecule is COc1nc(-c2c(C)c(Cl)cc(N)c2C=N)c(F)c2nc(OCC34CCCNC3(C3CCOCC3)CCC4)nc(N3CCOCC(O)C3)c12. The summed E-state index contributed by atoms with van der Waals surface area (Å²) in [7, 11) is 1.44. The second-order valence-electron chi connectivity index (χ2n) is 13.8. The zero-order valence-corrected chi connectivity index (χ0v) is 28.9. The molecule has 2 aromatic heterocycles. The number of aliphatic hydroxyl groups excluding tert-OH is 1. The molecule has 4 aliphatic rings. The molecule has 3 atom stereocenters. The predicted molar refractivity (Wildman–Crippen MR) is 186 cm³/mol. The number of nitrogens with two attached hydrogens (primary N) is 1. The highest BCUT2D eigenvalue weighted by atomic mass is 35.5. The number of methoxy groups -OCH3 is 1. The topological polar surface area (TPSA) is 161 Å². The Morgan fingerprint density at radius 3 is 2.76 bits per heavy atom. The second-order valence-corrected chi connectivity index (χ2v) is 14.2. The van der Waals surface area contributed by atoms with Gasteiger partial charge in [-0.1, -0.05) is 18.0 Å². The van der Waals surface area contributed by atoms with Gasteiger partial charge in [0.2, 0.25) is 5.88 Å². The van der Waals surface area contributed by atoms with Gasteiger partial charge in [0.25, 0.3) is 0 Å². The number of anilines is 2. The van der Waals surface area contributed by atoms with Crippen molar-refractivity contribution < 1.29 is 28.4 Å². The van der Waals surface area contributed by atoms with Gasteiger partial charge in [0.05, 0.1) is 33.0 Å². The smallest absolute Gasteiger partial charge is 0.319 e. The van der Waals surface area contributed by atoms with E-state index in [1.54, 1.807) is 13.0 Å². The van der Waals surface area contributed by atoms with Crippen molar-refractivity contribution in [2.75, 3.05) is 70.4 Å². The van der Waals surface area contributed by atoms with Crippen LogP contribution in [0.15, 0.2) is 6.07 Å². The average molecular weight is 698 g/mol. The minimum absolute atomic E-state index is 0.0302. The van der Waals surface area contributed by atoms with E-state index in [1.165, 1.54) is 7.11 Å². The minimum atomic E-state index is -0.794. The van der Waals surface area contributed by atoms with Crippen LogP contribution < -0.4 is 25.4 Å². The summed E-state index contributed by atoms with van der Waals surface area (Å²) >= 11 is 6.51. The highest BCUT2D eigenvalue weighted by Crippen LogP contribution is 2.57. The molecule has 3 unspecified atom stereocenters. The second kappa shape index (κ2) is 13.7. The molecule has 4 fully saturated rings. The lowest BCUT2D eigenvalue weighted by Crippen LogP contribution is -2.65. The van der Waals surface area contributed by atoms with Crippen LogP contribution in [0.1, 0.15) is 56.1 Å². The lowest BCUT2D eigenvalue weighted by molar-refractivity contribution is -0.0548. The molecule has 1 aliphatic carbocycles. The molecule has 1 aromatic carbocycles. The standard InChI is InChI=1S/C35H45ClFN7O5/c1-20-24(36)15-25(39)23(16-38)26(20)29-28(37)30-27(32(41-29)46-2)31(44-11-14-48-18-22(45)17-44)43-33(42-30)49-19-34-7-3-9-35(34,40-10-4-8-34)21-5-12-47-13-6-21/h15-16,21-22,38,40,45H,3-14,17-19,39H2,1-2H3. The van der Waals surface area contributed by atoms with Gasteiger partial charge in [-0.05, 0) is 69.5 Å². The summed E-state index contributed by atoms with van der Waals surface area (Å²) in [6.07, 6.45) is 7.55. The average Bonchev–Trinajstić information content (AvgIpc) is 3.38. The van der Waals surface area contributed by atoms with Gasteiger partial charge in [0.15, 0.2) is 5.82 Å². The Morgan fingerprint density at radius 2 is 1.98 bits per heavy atom. The van der Waals surface area contributed by atoms with Crippen molar-refractivity contribution in [3.63, 3.8) is 0 Å². The van der Waals surface area contributed by atoms with E-state index in [-0.39, 0.29) is 69.4 Å². The fraction of sp³-hybridized carbons (Fsp3) is 0.600. The number of nitrogens with zero attached hydrogens (tertiary/aromatic N) is 4. The van der Waals surface area contributed by atoms with E-state index in [0.29, 0.717) is 42.1 Å². The largest absolute Gasteiger partial charge is 0.480 e. The number of halogens is 2. The number of rotatable bonds is 8. The normalized spacial score (nSPS) is 26.4. The van der Waals surface area contributed by atoms with Crippen LogP contribution in [0.3, 0.4) is 0 Å². The maximum Gasteiger partial charge on any atom is 0.319 e. The molecule has 0 spiro atoms. The number of benzene rings is 1. The molecule has 7 rings (SSSR count). The zero-order valence-electron chi connectivity index (χ0n) is 28.1. The van der Waals surface area contributed by atoms with Crippen molar-refractivity contribution in [2.24, 2.45) is 11.3 Å². The number of hydrogen-bond donors (Lipinski definition) is 4. The molecule has 3 aliphatic heterocycles. The first-order chi connectivity index (χ1) is 23.7.